The number of nitrogens with zero attached hydrogens (tertiary/aromatic N) is 1. The summed E-state index contributed by atoms with van der Waals surface area (Å²) in [5, 5.41) is 8.99. The first-order valence-electron chi connectivity index (χ1n) is 7.57. The molecule has 1 rings (SSSR count). The second kappa shape index (κ2) is 8.75. The van der Waals surface area contributed by atoms with Crippen LogP contribution >= 0.6 is 0 Å². The van der Waals surface area contributed by atoms with Gasteiger partial charge in [0.25, 0.3) is 0 Å². The third-order valence-electron chi connectivity index (χ3n) is 3.61. The van der Waals surface area contributed by atoms with Crippen LogP contribution in [0.25, 0.3) is 0 Å². The maximum absolute atomic E-state index is 10.9. The quantitative estimate of drug-likeness (QED) is 0.699. The summed E-state index contributed by atoms with van der Waals surface area (Å²) >= 11 is 0. The highest BCUT2D eigenvalue weighted by atomic mass is 16.4. The van der Waals surface area contributed by atoms with Crippen molar-refractivity contribution in [1.82, 2.24) is 4.90 Å². The first-order valence-corrected chi connectivity index (χ1v) is 7.57. The SMILES string of the molecule is CCCCCN(Cc1ccccc1CC(=O)O)C(C)C. The average Bonchev–Trinajstić information content (AvgIpc) is 2.39. The first-order chi connectivity index (χ1) is 9.54. The smallest absolute Gasteiger partial charge is 0.307 e. The molecule has 0 radical (unpaired) electrons. The molecule has 0 aliphatic heterocycles. The van der Waals surface area contributed by atoms with Crippen LogP contribution in [0.3, 0.4) is 0 Å². The molecule has 1 N–H and O–H groups in total. The van der Waals surface area contributed by atoms with Crippen molar-refractivity contribution in [3.8, 4) is 0 Å². The van der Waals surface area contributed by atoms with E-state index in [4.69, 9.17) is 5.11 Å². The van der Waals surface area contributed by atoms with Crippen molar-refractivity contribution in [3.05, 3.63) is 35.4 Å². The Morgan fingerprint density at radius 1 is 1.20 bits per heavy atom. The minimum Gasteiger partial charge on any atom is -0.481 e. The summed E-state index contributed by atoms with van der Waals surface area (Å²) in [6.45, 7) is 8.52. The number of aliphatic carboxylic acids is 1. The monoisotopic (exact) mass is 277 g/mol. The molecule has 3 heteroatoms. The molecule has 20 heavy (non-hydrogen) atoms. The van der Waals surface area contributed by atoms with Gasteiger partial charge in [0.15, 0.2) is 0 Å². The van der Waals surface area contributed by atoms with Gasteiger partial charge in [-0.2, -0.15) is 0 Å². The van der Waals surface area contributed by atoms with Gasteiger partial charge in [-0.1, -0.05) is 44.0 Å². The van der Waals surface area contributed by atoms with E-state index in [1.807, 2.05) is 24.3 Å². The molecule has 0 amide bonds. The maximum Gasteiger partial charge on any atom is 0.307 e. The predicted octanol–water partition coefficient (Wildman–Crippen LogP) is 3.71. The molecule has 0 spiro atoms. The lowest BCUT2D eigenvalue weighted by atomic mass is 10.0. The maximum atomic E-state index is 10.9. The highest BCUT2D eigenvalue weighted by Gasteiger charge is 2.13. The molecule has 1 aromatic carbocycles. The molecule has 0 saturated heterocycles. The average molecular weight is 277 g/mol. The minimum absolute atomic E-state index is 0.108. The van der Waals surface area contributed by atoms with E-state index in [9.17, 15) is 4.79 Å². The van der Waals surface area contributed by atoms with Crippen molar-refractivity contribution in [1.29, 1.82) is 0 Å². The number of benzene rings is 1. The topological polar surface area (TPSA) is 40.5 Å². The molecular weight excluding hydrogens is 250 g/mol. The minimum atomic E-state index is -0.764. The van der Waals surface area contributed by atoms with Gasteiger partial charge in [0.1, 0.15) is 0 Å². The van der Waals surface area contributed by atoms with Gasteiger partial charge < -0.3 is 5.11 Å². The Balaban J connectivity index is 2.74. The molecule has 0 bridgehead atoms. The number of hydrogen-bond donors (Lipinski definition) is 1. The van der Waals surface area contributed by atoms with Crippen LogP contribution in [0.4, 0.5) is 0 Å². The fourth-order valence-electron chi connectivity index (χ4n) is 2.35. The normalized spacial score (nSPS) is 11.2. The standard InChI is InChI=1S/C17H27NO2/c1-4-5-8-11-18(14(2)3)13-16-10-7-6-9-15(16)12-17(19)20/h6-7,9-10,14H,4-5,8,11-13H2,1-3H3,(H,19,20). The Kier molecular flexibility index (Phi) is 7.31. The molecule has 0 aromatic heterocycles. The van der Waals surface area contributed by atoms with Gasteiger partial charge in [-0.05, 0) is 37.9 Å². The number of carbonyl (C=O) groups is 1. The van der Waals surface area contributed by atoms with E-state index >= 15 is 0 Å². The Morgan fingerprint density at radius 2 is 1.85 bits per heavy atom. The molecule has 112 valence electrons. The van der Waals surface area contributed by atoms with Crippen molar-refractivity contribution in [2.75, 3.05) is 6.54 Å². The van der Waals surface area contributed by atoms with Gasteiger partial charge in [0.05, 0.1) is 6.42 Å². The summed E-state index contributed by atoms with van der Waals surface area (Å²) in [6.07, 6.45) is 3.79. The van der Waals surface area contributed by atoms with E-state index in [-0.39, 0.29) is 6.42 Å². The second-order valence-corrected chi connectivity index (χ2v) is 5.61. The van der Waals surface area contributed by atoms with Crippen LogP contribution in [0.1, 0.15) is 51.2 Å². The summed E-state index contributed by atoms with van der Waals surface area (Å²) < 4.78 is 0. The lowest BCUT2D eigenvalue weighted by Crippen LogP contribution is -2.31. The molecule has 0 aliphatic carbocycles. The van der Waals surface area contributed by atoms with Crippen LogP contribution in [0, 0.1) is 0 Å². The Hall–Kier alpha value is -1.35. The van der Waals surface area contributed by atoms with Crippen LogP contribution in [0.15, 0.2) is 24.3 Å². The van der Waals surface area contributed by atoms with Crippen LogP contribution in [0.2, 0.25) is 0 Å². The van der Waals surface area contributed by atoms with Crippen molar-refractivity contribution < 1.29 is 9.90 Å². The number of carboxylic acids is 1. The summed E-state index contributed by atoms with van der Waals surface area (Å²) in [7, 11) is 0. The fourth-order valence-corrected chi connectivity index (χ4v) is 2.35. The lowest BCUT2D eigenvalue weighted by Gasteiger charge is -2.27. The van der Waals surface area contributed by atoms with E-state index in [0.29, 0.717) is 6.04 Å². The van der Waals surface area contributed by atoms with Crippen LogP contribution < -0.4 is 0 Å². The summed E-state index contributed by atoms with van der Waals surface area (Å²) in [6, 6.07) is 8.36. The zero-order valence-corrected chi connectivity index (χ0v) is 12.9. The Labute approximate surface area is 122 Å². The summed E-state index contributed by atoms with van der Waals surface area (Å²) in [4.78, 5) is 13.4. The Morgan fingerprint density at radius 3 is 2.40 bits per heavy atom. The highest BCUT2D eigenvalue weighted by Crippen LogP contribution is 2.15. The van der Waals surface area contributed by atoms with Gasteiger partial charge >= 0.3 is 5.97 Å². The number of rotatable bonds is 9. The van der Waals surface area contributed by atoms with E-state index in [1.165, 1.54) is 19.3 Å². The van der Waals surface area contributed by atoms with Crippen LogP contribution in [0.5, 0.6) is 0 Å². The molecule has 0 atom stereocenters. The van der Waals surface area contributed by atoms with Gasteiger partial charge in [0.2, 0.25) is 0 Å². The predicted molar refractivity (Wildman–Crippen MR) is 82.9 cm³/mol. The summed E-state index contributed by atoms with van der Waals surface area (Å²) in [5.41, 5.74) is 2.07. The van der Waals surface area contributed by atoms with Crippen LogP contribution in [-0.4, -0.2) is 28.6 Å². The van der Waals surface area contributed by atoms with E-state index < -0.39 is 5.97 Å². The van der Waals surface area contributed by atoms with Crippen molar-refractivity contribution in [2.24, 2.45) is 0 Å². The lowest BCUT2D eigenvalue weighted by molar-refractivity contribution is -0.136. The molecule has 3 nitrogen and oxygen atoms in total. The third-order valence-corrected chi connectivity index (χ3v) is 3.61. The third kappa shape index (κ3) is 5.74. The molecule has 1 aromatic rings. The molecule has 0 fully saturated rings. The molecule has 0 saturated carbocycles. The Bertz CT molecular complexity index is 415. The van der Waals surface area contributed by atoms with Crippen molar-refractivity contribution in [2.45, 2.75) is 59.0 Å². The van der Waals surface area contributed by atoms with Crippen molar-refractivity contribution in [3.63, 3.8) is 0 Å². The molecule has 0 heterocycles. The number of unbranched alkanes of at least 4 members (excludes halogenated alkanes) is 2. The first kappa shape index (κ1) is 16.7. The van der Waals surface area contributed by atoms with Crippen molar-refractivity contribution >= 4 is 5.97 Å². The second-order valence-electron chi connectivity index (χ2n) is 5.61. The van der Waals surface area contributed by atoms with Gasteiger partial charge in [-0.25, -0.2) is 0 Å². The molecular formula is C17H27NO2. The zero-order valence-electron chi connectivity index (χ0n) is 12.9. The highest BCUT2D eigenvalue weighted by molar-refractivity contribution is 5.70. The van der Waals surface area contributed by atoms with Gasteiger partial charge in [-0.15, -0.1) is 0 Å². The van der Waals surface area contributed by atoms with Crippen LogP contribution in [-0.2, 0) is 17.8 Å². The van der Waals surface area contributed by atoms with E-state index in [0.717, 1.165) is 24.2 Å². The van der Waals surface area contributed by atoms with E-state index in [2.05, 4.69) is 25.7 Å². The summed E-state index contributed by atoms with van der Waals surface area (Å²) in [5.74, 6) is -0.764. The molecule has 0 unspecified atom stereocenters. The van der Waals surface area contributed by atoms with E-state index in [1.54, 1.807) is 0 Å². The number of hydrogen-bond acceptors (Lipinski definition) is 2. The van der Waals surface area contributed by atoms with Gasteiger partial charge in [0, 0.05) is 12.6 Å². The molecule has 0 aliphatic rings. The largest absolute Gasteiger partial charge is 0.481 e. The fraction of sp³-hybridized carbons (Fsp3) is 0.588. The zero-order chi connectivity index (χ0) is 15.0. The number of carboxylic acid groups (broad SMARTS) is 1. The van der Waals surface area contributed by atoms with Gasteiger partial charge in [-0.3, -0.25) is 9.69 Å².